The summed E-state index contributed by atoms with van der Waals surface area (Å²) in [6, 6.07) is 18.2. The molecule has 188 valence electrons. The van der Waals surface area contributed by atoms with Crippen molar-refractivity contribution >= 4 is 11.4 Å². The van der Waals surface area contributed by atoms with Crippen molar-refractivity contribution < 1.29 is 4.79 Å². The van der Waals surface area contributed by atoms with E-state index >= 15 is 0 Å². The molecule has 0 atom stereocenters. The number of ketones is 1. The predicted octanol–water partition coefficient (Wildman–Crippen LogP) is 4.91. The molecule has 1 aliphatic rings. The lowest BCUT2D eigenvalue weighted by Crippen LogP contribution is -2.28. The first-order valence-electron chi connectivity index (χ1n) is 13.0. The molecule has 0 saturated carbocycles. The Morgan fingerprint density at radius 1 is 0.946 bits per heavy atom. The van der Waals surface area contributed by atoms with Crippen molar-refractivity contribution in [2.24, 2.45) is 0 Å². The molecule has 1 fully saturated rings. The third-order valence-electron chi connectivity index (χ3n) is 7.28. The first kappa shape index (κ1) is 25.0. The van der Waals surface area contributed by atoms with Gasteiger partial charge < -0.3 is 4.90 Å². The number of hydrogen-bond donors (Lipinski definition) is 0. The second kappa shape index (κ2) is 11.1. The van der Waals surface area contributed by atoms with Crippen LogP contribution in [-0.2, 0) is 13.0 Å². The highest BCUT2D eigenvalue weighted by Crippen LogP contribution is 2.18. The number of aryl methyl sites for hydroxylation is 2. The van der Waals surface area contributed by atoms with Gasteiger partial charge in [-0.2, -0.15) is 0 Å². The second-order valence-electron chi connectivity index (χ2n) is 10.1. The molecule has 5 nitrogen and oxygen atoms in total. The van der Waals surface area contributed by atoms with Gasteiger partial charge in [0.25, 0.3) is 0 Å². The van der Waals surface area contributed by atoms with Gasteiger partial charge in [-0.05, 0) is 86.8 Å². The molecule has 0 radical (unpaired) electrons. The average Bonchev–Trinajstić information content (AvgIpc) is 3.19. The normalized spacial score (nSPS) is 14.8. The van der Waals surface area contributed by atoms with E-state index in [2.05, 4.69) is 58.8 Å². The third kappa shape index (κ3) is 5.99. The van der Waals surface area contributed by atoms with E-state index in [4.69, 9.17) is 0 Å². The number of benzene rings is 2. The lowest BCUT2D eigenvalue weighted by molar-refractivity contribution is 0.0993. The molecule has 5 rings (SSSR count). The fourth-order valence-corrected chi connectivity index (χ4v) is 4.92. The summed E-state index contributed by atoms with van der Waals surface area (Å²) >= 11 is 0. The Labute approximate surface area is 219 Å². The molecule has 0 N–H and O–H groups in total. The molecule has 0 unspecified atom stereocenters. The molecule has 0 amide bonds. The number of Topliss-reactive ketones (excluding diaryl/α,β-unsaturated/α-hetero) is 1. The highest BCUT2D eigenvalue weighted by atomic mass is 16.1. The molecular formula is C32H34N4O. The van der Waals surface area contributed by atoms with Crippen molar-refractivity contribution in [1.29, 1.82) is 0 Å². The largest absolute Gasteiger partial charge is 0.305 e. The van der Waals surface area contributed by atoms with Crippen LogP contribution in [0.25, 0.3) is 5.65 Å². The van der Waals surface area contributed by atoms with Gasteiger partial charge in [0.05, 0.1) is 6.20 Å². The van der Waals surface area contributed by atoms with Gasteiger partial charge in [-0.3, -0.25) is 14.1 Å². The molecule has 2 aromatic heterocycles. The number of fused-ring (bicyclic) bond motifs is 1. The van der Waals surface area contributed by atoms with Gasteiger partial charge in [0.1, 0.15) is 11.3 Å². The van der Waals surface area contributed by atoms with E-state index < -0.39 is 0 Å². The summed E-state index contributed by atoms with van der Waals surface area (Å²) < 4.78 is 1.97. The molecule has 37 heavy (non-hydrogen) atoms. The second-order valence-corrected chi connectivity index (χ2v) is 10.1. The van der Waals surface area contributed by atoms with E-state index in [1.807, 2.05) is 53.9 Å². The smallest absolute Gasteiger partial charge is 0.167 e. The number of nitrogens with zero attached hydrogens (tertiary/aromatic N) is 4. The monoisotopic (exact) mass is 490 g/mol. The van der Waals surface area contributed by atoms with Gasteiger partial charge in [0.2, 0.25) is 0 Å². The Balaban J connectivity index is 1.28. The molecule has 0 spiro atoms. The quantitative estimate of drug-likeness (QED) is 0.294. The highest BCUT2D eigenvalue weighted by molar-refractivity contribution is 5.98. The topological polar surface area (TPSA) is 40.9 Å². The summed E-state index contributed by atoms with van der Waals surface area (Å²) in [5.74, 6) is 6.60. The van der Waals surface area contributed by atoms with Gasteiger partial charge in [-0.1, -0.05) is 42.3 Å². The third-order valence-corrected chi connectivity index (χ3v) is 7.28. The number of hydrogen-bond acceptors (Lipinski definition) is 4. The van der Waals surface area contributed by atoms with E-state index in [0.717, 1.165) is 54.2 Å². The Morgan fingerprint density at radius 2 is 1.84 bits per heavy atom. The summed E-state index contributed by atoms with van der Waals surface area (Å²) in [7, 11) is 2.20. The van der Waals surface area contributed by atoms with Crippen molar-refractivity contribution in [1.82, 2.24) is 19.2 Å². The van der Waals surface area contributed by atoms with Crippen LogP contribution in [0.4, 0.5) is 0 Å². The molecule has 1 saturated heterocycles. The van der Waals surface area contributed by atoms with E-state index in [1.54, 1.807) is 6.20 Å². The molecule has 2 aromatic carbocycles. The van der Waals surface area contributed by atoms with Crippen LogP contribution in [0.15, 0.2) is 67.0 Å². The van der Waals surface area contributed by atoms with E-state index in [-0.39, 0.29) is 5.78 Å². The highest BCUT2D eigenvalue weighted by Gasteiger charge is 2.14. The fraction of sp³-hybridized carbons (Fsp3) is 0.312. The van der Waals surface area contributed by atoms with E-state index in [1.165, 1.54) is 24.1 Å². The number of pyridine rings is 1. The van der Waals surface area contributed by atoms with Gasteiger partial charge in [0, 0.05) is 43.4 Å². The maximum atomic E-state index is 13.2. The van der Waals surface area contributed by atoms with E-state index in [0.29, 0.717) is 12.0 Å². The average molecular weight is 491 g/mol. The minimum absolute atomic E-state index is 0.112. The number of carbonyl (C=O) groups is 1. The first-order chi connectivity index (χ1) is 18.0. The Bertz CT molecular complexity index is 1490. The van der Waals surface area contributed by atoms with Crippen LogP contribution in [0.5, 0.6) is 0 Å². The van der Waals surface area contributed by atoms with Crippen molar-refractivity contribution in [3.8, 4) is 11.8 Å². The Kier molecular flexibility index (Phi) is 7.50. The van der Waals surface area contributed by atoms with Gasteiger partial charge >= 0.3 is 0 Å². The molecule has 0 bridgehead atoms. The minimum atomic E-state index is 0.112. The molecule has 5 heteroatoms. The van der Waals surface area contributed by atoms with Crippen LogP contribution in [0.1, 0.15) is 50.3 Å². The Hall–Kier alpha value is -3.72. The lowest BCUT2D eigenvalue weighted by Gasteiger charge is -2.21. The molecular weight excluding hydrogens is 456 g/mol. The maximum Gasteiger partial charge on any atom is 0.167 e. The summed E-state index contributed by atoms with van der Waals surface area (Å²) in [6.45, 7) is 9.69. The van der Waals surface area contributed by atoms with Crippen LogP contribution < -0.4 is 0 Å². The number of imidazole rings is 1. The molecule has 4 aromatic rings. The summed E-state index contributed by atoms with van der Waals surface area (Å²) in [5.41, 5.74) is 7.98. The van der Waals surface area contributed by atoms with Gasteiger partial charge in [-0.25, -0.2) is 4.98 Å². The van der Waals surface area contributed by atoms with Crippen molar-refractivity contribution in [3.63, 3.8) is 0 Å². The minimum Gasteiger partial charge on any atom is -0.305 e. The zero-order valence-corrected chi connectivity index (χ0v) is 22.0. The summed E-state index contributed by atoms with van der Waals surface area (Å²) in [6.07, 6.45) is 5.34. The van der Waals surface area contributed by atoms with Crippen molar-refractivity contribution in [2.75, 3.05) is 33.2 Å². The van der Waals surface area contributed by atoms with Crippen LogP contribution in [0.2, 0.25) is 0 Å². The van der Waals surface area contributed by atoms with Crippen molar-refractivity contribution in [3.05, 3.63) is 106 Å². The summed E-state index contributed by atoms with van der Waals surface area (Å²) in [4.78, 5) is 22.5. The lowest BCUT2D eigenvalue weighted by atomic mass is 9.96. The van der Waals surface area contributed by atoms with Gasteiger partial charge in [0.15, 0.2) is 5.78 Å². The van der Waals surface area contributed by atoms with Crippen LogP contribution in [0, 0.1) is 25.7 Å². The van der Waals surface area contributed by atoms with Crippen LogP contribution in [0.3, 0.4) is 0 Å². The van der Waals surface area contributed by atoms with E-state index in [9.17, 15) is 4.79 Å². The first-order valence-corrected chi connectivity index (χ1v) is 13.0. The van der Waals surface area contributed by atoms with Crippen LogP contribution >= 0.6 is 0 Å². The number of likely N-dealkylation sites (N-methyl/N-ethyl adjacent to an activating group) is 1. The van der Waals surface area contributed by atoms with Crippen molar-refractivity contribution in [2.45, 2.75) is 33.2 Å². The standard InChI is InChI=1S/C32H34N4O/c1-24-8-10-28(21-27(24)12-13-30-22-33-32-7-4-5-16-36(30)32)31(37)20-26-9-11-29(25(2)19-26)23-35-15-6-14-34(3)17-18-35/h4-5,7-11,16,19,21-22H,6,14-15,17-18,20,23H2,1-3H3. The predicted molar refractivity (Wildman–Crippen MR) is 149 cm³/mol. The van der Waals surface area contributed by atoms with Gasteiger partial charge in [-0.15, -0.1) is 0 Å². The summed E-state index contributed by atoms with van der Waals surface area (Å²) in [5, 5.41) is 0. The number of rotatable bonds is 5. The molecule has 1 aliphatic heterocycles. The Morgan fingerprint density at radius 3 is 2.70 bits per heavy atom. The SMILES string of the molecule is Cc1ccc(C(=O)Cc2ccc(CN3CCCN(C)CC3)c(C)c2)cc1C#Cc1cnc2ccccn12. The zero-order valence-electron chi connectivity index (χ0n) is 22.0. The fourth-order valence-electron chi connectivity index (χ4n) is 4.92. The zero-order chi connectivity index (χ0) is 25.8. The molecule has 0 aliphatic carbocycles. The van der Waals surface area contributed by atoms with Crippen LogP contribution in [-0.4, -0.2) is 58.2 Å². The molecule has 3 heterocycles. The number of aromatic nitrogens is 2. The number of carbonyl (C=O) groups excluding carboxylic acids is 1. The maximum absolute atomic E-state index is 13.2.